The van der Waals surface area contributed by atoms with Gasteiger partial charge < -0.3 is 10.2 Å². The summed E-state index contributed by atoms with van der Waals surface area (Å²) in [5.41, 5.74) is 2.10. The number of aromatic nitrogens is 3. The number of benzene rings is 1. The van der Waals surface area contributed by atoms with E-state index < -0.39 is 0 Å². The Morgan fingerprint density at radius 2 is 2.15 bits per heavy atom. The fourth-order valence-corrected chi connectivity index (χ4v) is 4.05. The molecule has 1 heterocycles. The highest BCUT2D eigenvalue weighted by Crippen LogP contribution is 2.27. The summed E-state index contributed by atoms with van der Waals surface area (Å²) < 4.78 is 2.01. The number of nitrogens with one attached hydrogen (secondary N) is 1. The van der Waals surface area contributed by atoms with Crippen molar-refractivity contribution in [2.75, 3.05) is 24.7 Å². The van der Waals surface area contributed by atoms with Gasteiger partial charge in [-0.2, -0.15) is 0 Å². The van der Waals surface area contributed by atoms with Gasteiger partial charge in [0.05, 0.1) is 5.75 Å². The number of carbonyl (C=O) groups is 1. The fraction of sp³-hybridized carbons (Fsp3) is 0.450. The summed E-state index contributed by atoms with van der Waals surface area (Å²) in [4.78, 5) is 14.3. The summed E-state index contributed by atoms with van der Waals surface area (Å²) in [7, 11) is 4.02. The Morgan fingerprint density at radius 1 is 1.37 bits per heavy atom. The first kappa shape index (κ1) is 19.5. The van der Waals surface area contributed by atoms with Crippen LogP contribution in [0.1, 0.15) is 25.7 Å². The summed E-state index contributed by atoms with van der Waals surface area (Å²) in [5, 5.41) is 12.6. The molecule has 0 unspecified atom stereocenters. The Balaban J connectivity index is 1.73. The van der Waals surface area contributed by atoms with Crippen LogP contribution in [0.4, 0.5) is 5.69 Å². The van der Waals surface area contributed by atoms with Crippen molar-refractivity contribution in [2.24, 2.45) is 0 Å². The molecule has 7 heteroatoms. The molecule has 3 rings (SSSR count). The number of carbonyl (C=O) groups excluding carboxylic acids is 1. The lowest BCUT2D eigenvalue weighted by Crippen LogP contribution is -2.33. The Bertz CT molecular complexity index is 795. The number of hydrogen-bond acceptors (Lipinski definition) is 5. The van der Waals surface area contributed by atoms with Crippen LogP contribution in [0.15, 0.2) is 42.1 Å². The summed E-state index contributed by atoms with van der Waals surface area (Å²) in [6.45, 7) is 4.45. The van der Waals surface area contributed by atoms with E-state index in [1.807, 2.05) is 36.9 Å². The predicted octanol–water partition coefficient (Wildman–Crippen LogP) is 3.35. The molecule has 1 fully saturated rings. The van der Waals surface area contributed by atoms with Gasteiger partial charge in [0.2, 0.25) is 5.91 Å². The van der Waals surface area contributed by atoms with Crippen LogP contribution >= 0.6 is 11.8 Å². The van der Waals surface area contributed by atoms with Gasteiger partial charge >= 0.3 is 0 Å². The SMILES string of the molecule is C=CCn1c(SCC(=O)NC2CCCC2)nnc1-c1cccc(N(C)C)c1. The van der Waals surface area contributed by atoms with Gasteiger partial charge in [-0.1, -0.05) is 42.8 Å². The molecular formula is C20H27N5OS. The Morgan fingerprint density at radius 3 is 2.85 bits per heavy atom. The number of rotatable bonds is 8. The summed E-state index contributed by atoms with van der Waals surface area (Å²) >= 11 is 1.42. The molecule has 27 heavy (non-hydrogen) atoms. The zero-order chi connectivity index (χ0) is 19.2. The van der Waals surface area contributed by atoms with Gasteiger partial charge in [-0.3, -0.25) is 9.36 Å². The van der Waals surface area contributed by atoms with Crippen molar-refractivity contribution < 1.29 is 4.79 Å². The zero-order valence-corrected chi connectivity index (χ0v) is 16.8. The van der Waals surface area contributed by atoms with Crippen molar-refractivity contribution in [3.63, 3.8) is 0 Å². The number of nitrogens with zero attached hydrogens (tertiary/aromatic N) is 4. The van der Waals surface area contributed by atoms with Crippen molar-refractivity contribution >= 4 is 23.4 Å². The molecule has 1 saturated carbocycles. The van der Waals surface area contributed by atoms with Gasteiger partial charge in [0, 0.05) is 37.9 Å². The molecule has 0 saturated heterocycles. The third kappa shape index (κ3) is 4.91. The third-order valence-corrected chi connectivity index (χ3v) is 5.67. The highest BCUT2D eigenvalue weighted by molar-refractivity contribution is 7.99. The second kappa shape index (κ2) is 9.08. The molecule has 1 aromatic carbocycles. The molecule has 1 N–H and O–H groups in total. The lowest BCUT2D eigenvalue weighted by Gasteiger charge is -2.14. The van der Waals surface area contributed by atoms with Crippen LogP contribution in [0.5, 0.6) is 0 Å². The van der Waals surface area contributed by atoms with Crippen LogP contribution < -0.4 is 10.2 Å². The summed E-state index contributed by atoms with van der Waals surface area (Å²) in [5.74, 6) is 1.21. The lowest BCUT2D eigenvalue weighted by molar-refractivity contribution is -0.119. The number of allylic oxidation sites excluding steroid dienone is 1. The van der Waals surface area contributed by atoms with Gasteiger partial charge in [0.25, 0.3) is 0 Å². The smallest absolute Gasteiger partial charge is 0.230 e. The number of thioether (sulfide) groups is 1. The second-order valence-corrected chi connectivity index (χ2v) is 7.93. The molecule has 1 amide bonds. The van der Waals surface area contributed by atoms with Crippen LogP contribution in [-0.2, 0) is 11.3 Å². The van der Waals surface area contributed by atoms with E-state index >= 15 is 0 Å². The normalized spacial score (nSPS) is 14.3. The second-order valence-electron chi connectivity index (χ2n) is 6.99. The van der Waals surface area contributed by atoms with E-state index in [0.29, 0.717) is 18.3 Å². The topological polar surface area (TPSA) is 63.1 Å². The largest absolute Gasteiger partial charge is 0.378 e. The molecular weight excluding hydrogens is 358 g/mol. The van der Waals surface area contributed by atoms with Crippen molar-refractivity contribution in [1.82, 2.24) is 20.1 Å². The number of hydrogen-bond donors (Lipinski definition) is 1. The van der Waals surface area contributed by atoms with E-state index in [1.165, 1.54) is 24.6 Å². The molecule has 144 valence electrons. The van der Waals surface area contributed by atoms with Crippen LogP contribution in [0.25, 0.3) is 11.4 Å². The van der Waals surface area contributed by atoms with E-state index in [2.05, 4.69) is 39.1 Å². The van der Waals surface area contributed by atoms with Crippen LogP contribution in [0.3, 0.4) is 0 Å². The average molecular weight is 386 g/mol. The fourth-order valence-electron chi connectivity index (χ4n) is 3.30. The number of amides is 1. The van der Waals surface area contributed by atoms with Gasteiger partial charge in [0.1, 0.15) is 0 Å². The molecule has 0 aliphatic heterocycles. The molecule has 2 aromatic rings. The van der Waals surface area contributed by atoms with Crippen LogP contribution in [-0.4, -0.2) is 46.6 Å². The highest BCUT2D eigenvalue weighted by atomic mass is 32.2. The maximum Gasteiger partial charge on any atom is 0.230 e. The number of anilines is 1. The lowest BCUT2D eigenvalue weighted by atomic mass is 10.2. The van der Waals surface area contributed by atoms with E-state index in [4.69, 9.17) is 0 Å². The van der Waals surface area contributed by atoms with E-state index in [1.54, 1.807) is 0 Å². The molecule has 0 atom stereocenters. The molecule has 0 radical (unpaired) electrons. The standard InChI is InChI=1S/C20H27N5OS/c1-4-12-25-19(15-8-7-11-17(13-15)24(2)3)22-23-20(25)27-14-18(26)21-16-9-5-6-10-16/h4,7-8,11,13,16H,1,5-6,9-10,12,14H2,2-3H3,(H,21,26). The van der Waals surface area contributed by atoms with Crippen LogP contribution in [0, 0.1) is 0 Å². The van der Waals surface area contributed by atoms with Crippen molar-refractivity contribution in [3.05, 3.63) is 36.9 Å². The average Bonchev–Trinajstić information content (AvgIpc) is 3.30. The maximum atomic E-state index is 12.2. The van der Waals surface area contributed by atoms with Crippen molar-refractivity contribution in [1.29, 1.82) is 0 Å². The molecule has 1 aliphatic rings. The highest BCUT2D eigenvalue weighted by Gasteiger charge is 2.19. The minimum Gasteiger partial charge on any atom is -0.378 e. The quantitative estimate of drug-likeness (QED) is 0.558. The van der Waals surface area contributed by atoms with E-state index in [-0.39, 0.29) is 5.91 Å². The van der Waals surface area contributed by atoms with E-state index in [9.17, 15) is 4.79 Å². The third-order valence-electron chi connectivity index (χ3n) is 4.70. The molecule has 1 aliphatic carbocycles. The zero-order valence-electron chi connectivity index (χ0n) is 16.0. The minimum absolute atomic E-state index is 0.0659. The summed E-state index contributed by atoms with van der Waals surface area (Å²) in [6.07, 6.45) is 6.43. The first-order chi connectivity index (χ1) is 13.1. The maximum absolute atomic E-state index is 12.2. The van der Waals surface area contributed by atoms with Crippen molar-refractivity contribution in [3.8, 4) is 11.4 Å². The Kier molecular flexibility index (Phi) is 6.55. The Labute approximate surface area is 165 Å². The van der Waals surface area contributed by atoms with Gasteiger partial charge in [-0.25, -0.2) is 0 Å². The summed E-state index contributed by atoms with van der Waals surface area (Å²) in [6, 6.07) is 8.52. The predicted molar refractivity (Wildman–Crippen MR) is 111 cm³/mol. The van der Waals surface area contributed by atoms with Gasteiger partial charge in [-0.15, -0.1) is 16.8 Å². The minimum atomic E-state index is 0.0659. The van der Waals surface area contributed by atoms with Crippen molar-refractivity contribution in [2.45, 2.75) is 43.4 Å². The Hall–Kier alpha value is -2.28. The first-order valence-corrected chi connectivity index (χ1v) is 10.3. The van der Waals surface area contributed by atoms with Gasteiger partial charge in [-0.05, 0) is 25.0 Å². The monoisotopic (exact) mass is 385 g/mol. The molecule has 0 bridgehead atoms. The first-order valence-electron chi connectivity index (χ1n) is 9.32. The molecule has 0 spiro atoms. The molecule has 6 nitrogen and oxygen atoms in total. The van der Waals surface area contributed by atoms with E-state index in [0.717, 1.165) is 35.1 Å². The van der Waals surface area contributed by atoms with Gasteiger partial charge in [0.15, 0.2) is 11.0 Å². The van der Waals surface area contributed by atoms with Crippen LogP contribution in [0.2, 0.25) is 0 Å². The molecule has 1 aromatic heterocycles.